The van der Waals surface area contributed by atoms with Crippen molar-refractivity contribution >= 4 is 0 Å². The fraction of sp³-hybridized carbons (Fsp3) is 0.900. The summed E-state index contributed by atoms with van der Waals surface area (Å²) < 4.78 is 0. The molecule has 0 radical (unpaired) electrons. The Bertz CT molecular complexity index is 495. The van der Waals surface area contributed by atoms with Crippen LogP contribution < -0.4 is 0 Å². The fourth-order valence-corrected chi connectivity index (χ4v) is 6.33. The Balaban J connectivity index is 1.94. The molecule has 3 nitrogen and oxygen atoms in total. The maximum absolute atomic E-state index is 10.3. The summed E-state index contributed by atoms with van der Waals surface area (Å²) in [5.41, 5.74) is 3.31. The highest BCUT2D eigenvalue weighted by Crippen LogP contribution is 2.63. The average molecular weight is 322 g/mol. The normalized spacial score (nSPS) is 41.2. The van der Waals surface area contributed by atoms with Crippen LogP contribution in [0.2, 0.25) is 0 Å². The molecule has 23 heavy (non-hydrogen) atoms. The van der Waals surface area contributed by atoms with Crippen molar-refractivity contribution in [3.8, 4) is 0 Å². The molecule has 0 spiro atoms. The molecule has 0 heterocycles. The summed E-state index contributed by atoms with van der Waals surface area (Å²) in [6, 6.07) is 0. The number of hydrogen-bond donors (Lipinski definition) is 3. The van der Waals surface area contributed by atoms with Gasteiger partial charge in [0.15, 0.2) is 0 Å². The van der Waals surface area contributed by atoms with Crippen molar-refractivity contribution in [1.29, 1.82) is 0 Å². The van der Waals surface area contributed by atoms with Gasteiger partial charge in [-0.3, -0.25) is 0 Å². The van der Waals surface area contributed by atoms with Crippen molar-refractivity contribution in [3.05, 3.63) is 11.1 Å². The van der Waals surface area contributed by atoms with Gasteiger partial charge in [0.2, 0.25) is 0 Å². The van der Waals surface area contributed by atoms with Gasteiger partial charge in [0, 0.05) is 5.41 Å². The molecule has 3 aliphatic rings. The topological polar surface area (TPSA) is 60.7 Å². The molecule has 4 atom stereocenters. The van der Waals surface area contributed by atoms with E-state index in [1.165, 1.54) is 31.3 Å². The Morgan fingerprint density at radius 3 is 2.48 bits per heavy atom. The van der Waals surface area contributed by atoms with Crippen molar-refractivity contribution < 1.29 is 15.3 Å². The van der Waals surface area contributed by atoms with Gasteiger partial charge in [-0.1, -0.05) is 38.3 Å². The van der Waals surface area contributed by atoms with E-state index in [4.69, 9.17) is 0 Å². The van der Waals surface area contributed by atoms with Gasteiger partial charge in [0.25, 0.3) is 0 Å². The predicted octanol–water partition coefficient (Wildman–Crippen LogP) is 3.43. The molecule has 0 amide bonds. The second kappa shape index (κ2) is 5.86. The largest absolute Gasteiger partial charge is 0.396 e. The minimum absolute atomic E-state index is 0.0306. The molecule has 0 aliphatic heterocycles. The number of fused-ring (bicyclic) bond motifs is 2. The highest BCUT2D eigenvalue weighted by Gasteiger charge is 2.53. The quantitative estimate of drug-likeness (QED) is 0.698. The molecule has 1 saturated carbocycles. The van der Waals surface area contributed by atoms with E-state index in [1.54, 1.807) is 5.57 Å². The zero-order valence-electron chi connectivity index (χ0n) is 15.1. The minimum atomic E-state index is -0.810. The van der Waals surface area contributed by atoms with Gasteiger partial charge < -0.3 is 15.3 Å². The van der Waals surface area contributed by atoms with Crippen LogP contribution in [0.25, 0.3) is 0 Å². The van der Waals surface area contributed by atoms with E-state index in [1.807, 2.05) is 0 Å². The van der Waals surface area contributed by atoms with Crippen LogP contribution in [0.15, 0.2) is 11.1 Å². The third-order valence-corrected chi connectivity index (χ3v) is 7.71. The molecular formula is C20H34O3. The third kappa shape index (κ3) is 2.60. The molecule has 3 heteroatoms. The van der Waals surface area contributed by atoms with E-state index in [9.17, 15) is 15.3 Å². The number of aliphatic hydroxyl groups is 3. The molecule has 3 aliphatic carbocycles. The smallest absolute Gasteiger partial charge is 0.0852 e. The van der Waals surface area contributed by atoms with Crippen molar-refractivity contribution in [2.24, 2.45) is 22.2 Å². The molecule has 0 aromatic carbocycles. The Hall–Kier alpha value is -0.380. The van der Waals surface area contributed by atoms with Crippen LogP contribution in [0, 0.1) is 22.2 Å². The predicted molar refractivity (Wildman–Crippen MR) is 92.0 cm³/mol. The molecule has 0 saturated heterocycles. The number of rotatable bonds is 3. The molecule has 0 aromatic rings. The van der Waals surface area contributed by atoms with Crippen LogP contribution in [0.5, 0.6) is 0 Å². The van der Waals surface area contributed by atoms with Gasteiger partial charge in [0.1, 0.15) is 0 Å². The average Bonchev–Trinajstić information content (AvgIpc) is 2.52. The van der Waals surface area contributed by atoms with Gasteiger partial charge in [-0.05, 0) is 61.7 Å². The molecule has 132 valence electrons. The summed E-state index contributed by atoms with van der Waals surface area (Å²) in [5, 5.41) is 29.6. The summed E-state index contributed by atoms with van der Waals surface area (Å²) in [4.78, 5) is 0. The molecule has 0 bridgehead atoms. The summed E-state index contributed by atoms with van der Waals surface area (Å²) >= 11 is 0. The van der Waals surface area contributed by atoms with E-state index in [2.05, 4.69) is 20.8 Å². The van der Waals surface area contributed by atoms with Crippen LogP contribution >= 0.6 is 0 Å². The number of allylic oxidation sites excluding steroid dienone is 2. The van der Waals surface area contributed by atoms with Gasteiger partial charge in [-0.15, -0.1) is 0 Å². The van der Waals surface area contributed by atoms with Crippen molar-refractivity contribution in [2.45, 2.75) is 78.2 Å². The monoisotopic (exact) mass is 322 g/mol. The Morgan fingerprint density at radius 2 is 1.83 bits per heavy atom. The molecule has 1 fully saturated rings. The van der Waals surface area contributed by atoms with E-state index >= 15 is 0 Å². The Morgan fingerprint density at radius 1 is 1.09 bits per heavy atom. The third-order valence-electron chi connectivity index (χ3n) is 7.71. The van der Waals surface area contributed by atoms with Gasteiger partial charge >= 0.3 is 0 Å². The van der Waals surface area contributed by atoms with Gasteiger partial charge in [-0.25, -0.2) is 0 Å². The molecule has 0 unspecified atom stereocenters. The first-order chi connectivity index (χ1) is 10.8. The lowest BCUT2D eigenvalue weighted by atomic mass is 9.47. The first-order valence-corrected chi connectivity index (χ1v) is 9.40. The first-order valence-electron chi connectivity index (χ1n) is 9.40. The Kier molecular flexibility index (Phi) is 4.44. The highest BCUT2D eigenvalue weighted by atomic mass is 16.3. The van der Waals surface area contributed by atoms with Crippen LogP contribution in [-0.4, -0.2) is 34.6 Å². The number of hydrogen-bond acceptors (Lipinski definition) is 3. The molecule has 0 aromatic heterocycles. The summed E-state index contributed by atoms with van der Waals surface area (Å²) in [6.45, 7) is 7.07. The second-order valence-electron chi connectivity index (χ2n) is 9.33. The standard InChI is InChI=1S/C20H34O3/c1-18(2)8-4-9-19(3)15-7-10-20(13-22,17(23)12-21)11-14(15)5-6-16(18)19/h16-17,21-23H,4-13H2,1-3H3/t16-,17+,19+,20+/m0/s1. The first kappa shape index (κ1) is 17.4. The zero-order chi connectivity index (χ0) is 16.9. The fourth-order valence-electron chi connectivity index (χ4n) is 6.33. The molecular weight excluding hydrogens is 288 g/mol. The summed E-state index contributed by atoms with van der Waals surface area (Å²) in [6.07, 6.45) is 8.01. The van der Waals surface area contributed by atoms with E-state index in [0.29, 0.717) is 10.8 Å². The lowest BCUT2D eigenvalue weighted by Gasteiger charge is -2.57. The van der Waals surface area contributed by atoms with Crippen LogP contribution in [0.1, 0.15) is 72.1 Å². The van der Waals surface area contributed by atoms with Gasteiger partial charge in [0.05, 0.1) is 19.3 Å². The second-order valence-corrected chi connectivity index (χ2v) is 9.33. The molecule has 3 rings (SSSR count). The van der Waals surface area contributed by atoms with E-state index < -0.39 is 11.5 Å². The van der Waals surface area contributed by atoms with E-state index in [-0.39, 0.29) is 13.2 Å². The maximum atomic E-state index is 10.3. The SMILES string of the molecule is CC1(C)CCC[C@]2(C)C3=C(CC[C@@H]12)C[C@](CO)([C@H](O)CO)CC3. The minimum Gasteiger partial charge on any atom is -0.396 e. The van der Waals surface area contributed by atoms with Gasteiger partial charge in [-0.2, -0.15) is 0 Å². The molecule has 3 N–H and O–H groups in total. The lowest BCUT2D eigenvalue weighted by Crippen LogP contribution is -2.49. The maximum Gasteiger partial charge on any atom is 0.0852 e. The Labute approximate surface area is 140 Å². The number of aliphatic hydroxyl groups excluding tert-OH is 3. The van der Waals surface area contributed by atoms with E-state index in [0.717, 1.165) is 31.6 Å². The summed E-state index contributed by atoms with van der Waals surface area (Å²) in [5.74, 6) is 0.756. The van der Waals surface area contributed by atoms with Crippen molar-refractivity contribution in [2.75, 3.05) is 13.2 Å². The van der Waals surface area contributed by atoms with Crippen LogP contribution in [0.4, 0.5) is 0 Å². The zero-order valence-corrected chi connectivity index (χ0v) is 15.1. The van der Waals surface area contributed by atoms with Crippen molar-refractivity contribution in [1.82, 2.24) is 0 Å². The van der Waals surface area contributed by atoms with Crippen LogP contribution in [0.3, 0.4) is 0 Å². The van der Waals surface area contributed by atoms with Crippen molar-refractivity contribution in [3.63, 3.8) is 0 Å². The van der Waals surface area contributed by atoms with Crippen LogP contribution in [-0.2, 0) is 0 Å². The highest BCUT2D eigenvalue weighted by molar-refractivity contribution is 5.32. The lowest BCUT2D eigenvalue weighted by molar-refractivity contribution is -0.0630. The summed E-state index contributed by atoms with van der Waals surface area (Å²) in [7, 11) is 0.